The molecule has 0 bridgehead atoms. The molecule has 1 aliphatic rings. The molecule has 17 heavy (non-hydrogen) atoms. The summed E-state index contributed by atoms with van der Waals surface area (Å²) in [6, 6.07) is 4.39. The molecule has 3 nitrogen and oxygen atoms in total. The second-order valence-corrected chi connectivity index (χ2v) is 4.16. The second kappa shape index (κ2) is 5.98. The molecule has 1 heterocycles. The molecule has 1 aromatic carbocycles. The van der Waals surface area contributed by atoms with E-state index in [1.807, 2.05) is 0 Å². The molecule has 0 aromatic heterocycles. The van der Waals surface area contributed by atoms with E-state index in [0.717, 1.165) is 24.9 Å². The van der Waals surface area contributed by atoms with Crippen LogP contribution in [-0.4, -0.2) is 18.5 Å². The van der Waals surface area contributed by atoms with Gasteiger partial charge in [0.25, 0.3) is 0 Å². The zero-order chi connectivity index (χ0) is 11.5. The van der Waals surface area contributed by atoms with E-state index in [1.165, 1.54) is 12.1 Å². The number of amides is 1. The summed E-state index contributed by atoms with van der Waals surface area (Å²) < 4.78 is 13.1. The molecule has 0 aliphatic carbocycles. The largest absolute Gasteiger partial charge is 0.325 e. The molecule has 2 rings (SSSR count). The normalized spacial score (nSPS) is 18.6. The highest BCUT2D eigenvalue weighted by molar-refractivity contribution is 5.95. The molecule has 0 saturated carbocycles. The molecule has 1 aromatic rings. The van der Waals surface area contributed by atoms with Crippen molar-refractivity contribution in [2.75, 3.05) is 11.9 Å². The van der Waals surface area contributed by atoms with E-state index in [-0.39, 0.29) is 30.2 Å². The van der Waals surface area contributed by atoms with Gasteiger partial charge in [-0.05, 0) is 50.1 Å². The van der Waals surface area contributed by atoms with E-state index in [2.05, 4.69) is 10.6 Å². The molecule has 0 radical (unpaired) electrons. The van der Waals surface area contributed by atoms with Crippen molar-refractivity contribution >= 4 is 24.0 Å². The number of nitrogens with one attached hydrogen (secondary N) is 2. The number of anilines is 1. The predicted molar refractivity (Wildman–Crippen MR) is 68.0 cm³/mol. The Bertz CT molecular complexity index is 385. The van der Waals surface area contributed by atoms with Gasteiger partial charge in [0.15, 0.2) is 0 Å². The van der Waals surface area contributed by atoms with Crippen molar-refractivity contribution in [1.29, 1.82) is 0 Å². The Labute approximate surface area is 106 Å². The minimum atomic E-state index is -0.324. The number of carbonyl (C=O) groups excluding carboxylic acids is 1. The Hall–Kier alpha value is -1.13. The van der Waals surface area contributed by atoms with Gasteiger partial charge in [-0.2, -0.15) is 0 Å². The van der Waals surface area contributed by atoms with Gasteiger partial charge in [0.1, 0.15) is 5.82 Å². The SMILES string of the molecule is Cc1cc(F)cc(NC(=O)C2CCCN2)c1.Cl. The zero-order valence-electron chi connectivity index (χ0n) is 9.63. The van der Waals surface area contributed by atoms with Gasteiger partial charge in [-0.25, -0.2) is 4.39 Å². The zero-order valence-corrected chi connectivity index (χ0v) is 10.4. The van der Waals surface area contributed by atoms with Gasteiger partial charge >= 0.3 is 0 Å². The van der Waals surface area contributed by atoms with Crippen molar-refractivity contribution in [1.82, 2.24) is 5.32 Å². The number of benzene rings is 1. The lowest BCUT2D eigenvalue weighted by molar-refractivity contribution is -0.117. The minimum absolute atomic E-state index is 0. The van der Waals surface area contributed by atoms with Crippen molar-refractivity contribution in [2.24, 2.45) is 0 Å². The summed E-state index contributed by atoms with van der Waals surface area (Å²) in [6.07, 6.45) is 1.86. The Morgan fingerprint density at radius 3 is 2.82 bits per heavy atom. The third kappa shape index (κ3) is 3.68. The summed E-state index contributed by atoms with van der Waals surface area (Å²) in [5.74, 6) is -0.405. The van der Waals surface area contributed by atoms with Crippen LogP contribution < -0.4 is 10.6 Å². The standard InChI is InChI=1S/C12H15FN2O.ClH/c1-8-5-9(13)7-10(6-8)15-12(16)11-3-2-4-14-11;/h5-7,11,14H,2-4H2,1H3,(H,15,16);1H. The lowest BCUT2D eigenvalue weighted by atomic mass is 10.2. The summed E-state index contributed by atoms with van der Waals surface area (Å²) in [5, 5.41) is 5.82. The number of aryl methyl sites for hydroxylation is 1. The van der Waals surface area contributed by atoms with Crippen molar-refractivity contribution in [3.8, 4) is 0 Å². The fourth-order valence-corrected chi connectivity index (χ4v) is 1.95. The van der Waals surface area contributed by atoms with Crippen LogP contribution in [0.1, 0.15) is 18.4 Å². The molecule has 2 N–H and O–H groups in total. The maximum absolute atomic E-state index is 13.1. The minimum Gasteiger partial charge on any atom is -0.325 e. The number of carbonyl (C=O) groups is 1. The molecule has 5 heteroatoms. The Kier molecular flexibility index (Phi) is 4.90. The number of hydrogen-bond donors (Lipinski definition) is 2. The average Bonchev–Trinajstić information content (AvgIpc) is 2.68. The van der Waals surface area contributed by atoms with E-state index in [1.54, 1.807) is 13.0 Å². The molecule has 1 saturated heterocycles. The van der Waals surface area contributed by atoms with Crippen LogP contribution in [0, 0.1) is 12.7 Å². The third-order valence-corrected chi connectivity index (χ3v) is 2.69. The molecule has 1 atom stereocenters. The molecule has 1 amide bonds. The summed E-state index contributed by atoms with van der Waals surface area (Å²) in [6.45, 7) is 2.67. The lowest BCUT2D eigenvalue weighted by Crippen LogP contribution is -2.35. The van der Waals surface area contributed by atoms with Gasteiger partial charge in [0.05, 0.1) is 6.04 Å². The quantitative estimate of drug-likeness (QED) is 0.854. The van der Waals surface area contributed by atoms with Crippen LogP contribution in [0.25, 0.3) is 0 Å². The summed E-state index contributed by atoms with van der Waals surface area (Å²) in [7, 11) is 0. The first-order valence-electron chi connectivity index (χ1n) is 5.46. The van der Waals surface area contributed by atoms with Crippen molar-refractivity contribution < 1.29 is 9.18 Å². The predicted octanol–water partition coefficient (Wildman–Crippen LogP) is 2.25. The highest BCUT2D eigenvalue weighted by Gasteiger charge is 2.21. The molecule has 1 unspecified atom stereocenters. The fraction of sp³-hybridized carbons (Fsp3) is 0.417. The molecule has 0 spiro atoms. The van der Waals surface area contributed by atoms with Crippen molar-refractivity contribution in [2.45, 2.75) is 25.8 Å². The van der Waals surface area contributed by atoms with E-state index < -0.39 is 0 Å². The maximum Gasteiger partial charge on any atom is 0.241 e. The molecule has 1 aliphatic heterocycles. The van der Waals surface area contributed by atoms with E-state index >= 15 is 0 Å². The molecular formula is C12H16ClFN2O. The van der Waals surface area contributed by atoms with Gasteiger partial charge in [0.2, 0.25) is 5.91 Å². The first-order valence-corrected chi connectivity index (χ1v) is 5.46. The molecule has 94 valence electrons. The number of halogens is 2. The fourth-order valence-electron chi connectivity index (χ4n) is 1.95. The topological polar surface area (TPSA) is 41.1 Å². The molecular weight excluding hydrogens is 243 g/mol. The molecule has 1 fully saturated rings. The number of hydrogen-bond acceptors (Lipinski definition) is 2. The Balaban J connectivity index is 0.00000144. The second-order valence-electron chi connectivity index (χ2n) is 4.16. The van der Waals surface area contributed by atoms with Crippen molar-refractivity contribution in [3.63, 3.8) is 0 Å². The van der Waals surface area contributed by atoms with Gasteiger partial charge < -0.3 is 10.6 Å². The lowest BCUT2D eigenvalue weighted by Gasteiger charge is -2.11. The van der Waals surface area contributed by atoms with Crippen LogP contribution >= 0.6 is 12.4 Å². The Morgan fingerprint density at radius 2 is 2.24 bits per heavy atom. The monoisotopic (exact) mass is 258 g/mol. The van der Waals surface area contributed by atoms with Crippen molar-refractivity contribution in [3.05, 3.63) is 29.6 Å². The van der Waals surface area contributed by atoms with Crippen LogP contribution in [0.5, 0.6) is 0 Å². The average molecular weight is 259 g/mol. The van der Waals surface area contributed by atoms with Crippen LogP contribution in [0.3, 0.4) is 0 Å². The highest BCUT2D eigenvalue weighted by Crippen LogP contribution is 2.15. The van der Waals surface area contributed by atoms with Crippen LogP contribution in [-0.2, 0) is 4.79 Å². The smallest absolute Gasteiger partial charge is 0.241 e. The van der Waals surface area contributed by atoms with Gasteiger partial charge in [-0.3, -0.25) is 4.79 Å². The van der Waals surface area contributed by atoms with Gasteiger partial charge in [-0.15, -0.1) is 12.4 Å². The van der Waals surface area contributed by atoms with Crippen LogP contribution in [0.4, 0.5) is 10.1 Å². The number of rotatable bonds is 2. The van der Waals surface area contributed by atoms with E-state index in [0.29, 0.717) is 5.69 Å². The van der Waals surface area contributed by atoms with Crippen LogP contribution in [0.2, 0.25) is 0 Å². The maximum atomic E-state index is 13.1. The first kappa shape index (κ1) is 13.9. The summed E-state index contributed by atoms with van der Waals surface area (Å²) >= 11 is 0. The first-order chi connectivity index (χ1) is 7.65. The van der Waals surface area contributed by atoms with Gasteiger partial charge in [-0.1, -0.05) is 0 Å². The van der Waals surface area contributed by atoms with E-state index in [9.17, 15) is 9.18 Å². The van der Waals surface area contributed by atoms with Crippen LogP contribution in [0.15, 0.2) is 18.2 Å². The summed E-state index contributed by atoms with van der Waals surface area (Å²) in [5.41, 5.74) is 1.32. The third-order valence-electron chi connectivity index (χ3n) is 2.69. The highest BCUT2D eigenvalue weighted by atomic mass is 35.5. The van der Waals surface area contributed by atoms with Gasteiger partial charge in [0, 0.05) is 5.69 Å². The summed E-state index contributed by atoms with van der Waals surface area (Å²) in [4.78, 5) is 11.7. The van der Waals surface area contributed by atoms with E-state index in [4.69, 9.17) is 0 Å². The Morgan fingerprint density at radius 1 is 1.47 bits per heavy atom.